The van der Waals surface area contributed by atoms with Crippen LogP contribution in [0.25, 0.3) is 10.2 Å². The van der Waals surface area contributed by atoms with Gasteiger partial charge in [-0.2, -0.15) is 0 Å². The third kappa shape index (κ3) is 3.41. The molecule has 0 aliphatic carbocycles. The van der Waals surface area contributed by atoms with E-state index >= 15 is 0 Å². The molecule has 0 saturated carbocycles. The van der Waals surface area contributed by atoms with E-state index in [9.17, 15) is 0 Å². The summed E-state index contributed by atoms with van der Waals surface area (Å²) in [6.07, 6.45) is 1.01. The Labute approximate surface area is 129 Å². The Morgan fingerprint density at radius 3 is 2.65 bits per heavy atom. The number of hydrogen-bond acceptors (Lipinski definition) is 4. The lowest BCUT2D eigenvalue weighted by Gasteiger charge is -2.27. The van der Waals surface area contributed by atoms with Gasteiger partial charge < -0.3 is 5.32 Å². The van der Waals surface area contributed by atoms with Crippen molar-refractivity contribution in [3.05, 3.63) is 16.2 Å². The number of fused-ring (bicyclic) bond motifs is 1. The molecule has 0 aliphatic rings. The first kappa shape index (κ1) is 15.5. The molecule has 0 radical (unpaired) electrons. The third-order valence-corrected chi connectivity index (χ3v) is 5.16. The van der Waals surface area contributed by atoms with Crippen molar-refractivity contribution in [2.75, 3.05) is 11.9 Å². The van der Waals surface area contributed by atoms with Gasteiger partial charge in [0.15, 0.2) is 0 Å². The zero-order chi connectivity index (χ0) is 14.9. The van der Waals surface area contributed by atoms with Crippen molar-refractivity contribution in [3.8, 4) is 0 Å². The van der Waals surface area contributed by atoms with Crippen molar-refractivity contribution in [1.29, 1.82) is 0 Å². The highest BCUT2D eigenvalue weighted by Crippen LogP contribution is 2.31. The van der Waals surface area contributed by atoms with E-state index in [1.807, 2.05) is 0 Å². The van der Waals surface area contributed by atoms with Gasteiger partial charge in [0.2, 0.25) is 5.28 Å². The predicted octanol–water partition coefficient (Wildman–Crippen LogP) is 5.00. The van der Waals surface area contributed by atoms with Crippen molar-refractivity contribution in [2.45, 2.75) is 41.0 Å². The molecule has 0 fully saturated rings. The molecular formula is C15H22ClN3S. The van der Waals surface area contributed by atoms with Crippen LogP contribution in [-0.2, 0) is 6.42 Å². The van der Waals surface area contributed by atoms with E-state index in [4.69, 9.17) is 11.6 Å². The number of hydrogen-bond donors (Lipinski definition) is 1. The predicted molar refractivity (Wildman–Crippen MR) is 88.9 cm³/mol. The van der Waals surface area contributed by atoms with Crippen molar-refractivity contribution in [3.63, 3.8) is 0 Å². The van der Waals surface area contributed by atoms with Crippen LogP contribution in [0.1, 0.15) is 39.5 Å². The van der Waals surface area contributed by atoms with Crippen LogP contribution in [0.5, 0.6) is 0 Å². The summed E-state index contributed by atoms with van der Waals surface area (Å²) in [5.74, 6) is 1.39. The van der Waals surface area contributed by atoms with Crippen LogP contribution in [0, 0.1) is 11.3 Å². The minimum Gasteiger partial charge on any atom is -0.369 e. The summed E-state index contributed by atoms with van der Waals surface area (Å²) >= 11 is 7.72. The van der Waals surface area contributed by atoms with E-state index in [2.05, 4.69) is 56.0 Å². The minimum absolute atomic E-state index is 0.270. The zero-order valence-electron chi connectivity index (χ0n) is 12.7. The topological polar surface area (TPSA) is 37.8 Å². The number of rotatable bonds is 4. The van der Waals surface area contributed by atoms with Crippen molar-refractivity contribution < 1.29 is 0 Å². The minimum atomic E-state index is 0.270. The molecule has 1 atom stereocenters. The number of aryl methyl sites for hydroxylation is 1. The van der Waals surface area contributed by atoms with Crippen molar-refractivity contribution >= 4 is 39.0 Å². The Morgan fingerprint density at radius 2 is 2.05 bits per heavy atom. The maximum atomic E-state index is 6.03. The normalized spacial score (nSPS) is 13.7. The lowest BCUT2D eigenvalue weighted by molar-refractivity contribution is 0.274. The van der Waals surface area contributed by atoms with Crippen LogP contribution in [0.3, 0.4) is 0 Å². The molecule has 0 aliphatic heterocycles. The lowest BCUT2D eigenvalue weighted by atomic mass is 9.82. The Kier molecular flexibility index (Phi) is 4.55. The van der Waals surface area contributed by atoms with Gasteiger partial charge >= 0.3 is 0 Å². The second kappa shape index (κ2) is 5.86. The van der Waals surface area contributed by atoms with Gasteiger partial charge in [0.05, 0.1) is 5.39 Å². The van der Waals surface area contributed by atoms with E-state index in [0.717, 1.165) is 29.0 Å². The summed E-state index contributed by atoms with van der Waals surface area (Å²) < 4.78 is 0. The van der Waals surface area contributed by atoms with Gasteiger partial charge in [0.25, 0.3) is 0 Å². The molecule has 2 rings (SSSR count). The van der Waals surface area contributed by atoms with Crippen LogP contribution < -0.4 is 5.32 Å². The summed E-state index contributed by atoms with van der Waals surface area (Å²) in [4.78, 5) is 10.9. The Morgan fingerprint density at radius 1 is 1.35 bits per heavy atom. The standard InChI is InChI=1S/C15H22ClN3S/c1-6-10-7-11-12(17-8-9(2)15(3,4)5)18-14(16)19-13(11)20-10/h7,9H,6,8H2,1-5H3,(H,17,18,19). The second-order valence-electron chi connectivity index (χ2n) is 6.27. The molecule has 0 saturated heterocycles. The molecule has 1 unspecified atom stereocenters. The Balaban J connectivity index is 2.27. The maximum absolute atomic E-state index is 6.03. The van der Waals surface area contributed by atoms with Crippen LogP contribution >= 0.6 is 22.9 Å². The quantitative estimate of drug-likeness (QED) is 0.807. The molecule has 3 nitrogen and oxygen atoms in total. The van der Waals surface area contributed by atoms with Gasteiger partial charge in [0, 0.05) is 11.4 Å². The van der Waals surface area contributed by atoms with E-state index < -0.39 is 0 Å². The van der Waals surface area contributed by atoms with Crippen LogP contribution in [-0.4, -0.2) is 16.5 Å². The highest BCUT2D eigenvalue weighted by atomic mass is 35.5. The molecule has 5 heteroatoms. The SMILES string of the molecule is CCc1cc2c(NCC(C)C(C)(C)C)nc(Cl)nc2s1. The largest absolute Gasteiger partial charge is 0.369 e. The van der Waals surface area contributed by atoms with Gasteiger partial charge in [-0.3, -0.25) is 0 Å². The fraction of sp³-hybridized carbons (Fsp3) is 0.600. The van der Waals surface area contributed by atoms with E-state index in [-0.39, 0.29) is 5.41 Å². The lowest BCUT2D eigenvalue weighted by Crippen LogP contribution is -2.25. The first-order valence-electron chi connectivity index (χ1n) is 7.01. The average Bonchev–Trinajstić information content (AvgIpc) is 2.77. The summed E-state index contributed by atoms with van der Waals surface area (Å²) in [6.45, 7) is 12.0. The Bertz CT molecular complexity index is 601. The molecule has 2 heterocycles. The molecule has 0 aromatic carbocycles. The fourth-order valence-corrected chi connectivity index (χ4v) is 3.00. The smallest absolute Gasteiger partial charge is 0.225 e. The first-order valence-corrected chi connectivity index (χ1v) is 8.20. The summed E-state index contributed by atoms with van der Waals surface area (Å²) in [6, 6.07) is 2.17. The van der Waals surface area contributed by atoms with Gasteiger partial charge in [-0.05, 0) is 35.4 Å². The highest BCUT2D eigenvalue weighted by molar-refractivity contribution is 7.18. The average molecular weight is 312 g/mol. The number of anilines is 1. The molecule has 2 aromatic rings. The van der Waals surface area contributed by atoms with Crippen molar-refractivity contribution in [2.24, 2.45) is 11.3 Å². The number of halogens is 1. The monoisotopic (exact) mass is 311 g/mol. The van der Waals surface area contributed by atoms with Gasteiger partial charge in [-0.25, -0.2) is 9.97 Å². The number of aromatic nitrogens is 2. The summed E-state index contributed by atoms with van der Waals surface area (Å²) in [5, 5.41) is 4.84. The van der Waals surface area contributed by atoms with Crippen LogP contribution in [0.15, 0.2) is 6.07 Å². The first-order chi connectivity index (χ1) is 9.31. The Hall–Kier alpha value is -0.870. The summed E-state index contributed by atoms with van der Waals surface area (Å²) in [5.41, 5.74) is 0.270. The number of nitrogens with one attached hydrogen (secondary N) is 1. The fourth-order valence-electron chi connectivity index (χ4n) is 1.81. The van der Waals surface area contributed by atoms with Crippen LogP contribution in [0.2, 0.25) is 5.28 Å². The molecule has 110 valence electrons. The van der Waals surface area contributed by atoms with E-state index in [1.165, 1.54) is 4.88 Å². The van der Waals surface area contributed by atoms with Crippen LogP contribution in [0.4, 0.5) is 5.82 Å². The zero-order valence-corrected chi connectivity index (χ0v) is 14.3. The molecule has 0 spiro atoms. The van der Waals surface area contributed by atoms with Gasteiger partial charge in [-0.1, -0.05) is 34.6 Å². The van der Waals surface area contributed by atoms with Gasteiger partial charge in [-0.15, -0.1) is 11.3 Å². The molecule has 1 N–H and O–H groups in total. The maximum Gasteiger partial charge on any atom is 0.225 e. The van der Waals surface area contributed by atoms with Crippen molar-refractivity contribution in [1.82, 2.24) is 9.97 Å². The summed E-state index contributed by atoms with van der Waals surface area (Å²) in [7, 11) is 0. The molecular weight excluding hydrogens is 290 g/mol. The molecule has 0 bridgehead atoms. The molecule has 2 aromatic heterocycles. The number of nitrogens with zero attached hydrogens (tertiary/aromatic N) is 2. The second-order valence-corrected chi connectivity index (χ2v) is 7.73. The molecule has 0 amide bonds. The van der Waals surface area contributed by atoms with Gasteiger partial charge in [0.1, 0.15) is 10.6 Å². The number of thiophene rings is 1. The molecule has 20 heavy (non-hydrogen) atoms. The van der Waals surface area contributed by atoms with E-state index in [0.29, 0.717) is 11.2 Å². The van der Waals surface area contributed by atoms with E-state index in [1.54, 1.807) is 11.3 Å². The third-order valence-electron chi connectivity index (χ3n) is 3.82. The highest BCUT2D eigenvalue weighted by Gasteiger charge is 2.20.